The fourth-order valence-electron chi connectivity index (χ4n) is 2.79. The summed E-state index contributed by atoms with van der Waals surface area (Å²) in [5, 5.41) is 8.02. The van der Waals surface area contributed by atoms with Crippen molar-refractivity contribution in [3.63, 3.8) is 0 Å². The van der Waals surface area contributed by atoms with Gasteiger partial charge in [0.15, 0.2) is 0 Å². The van der Waals surface area contributed by atoms with Crippen LogP contribution in [-0.2, 0) is 0 Å². The molecule has 2 nitrogen and oxygen atoms in total. The maximum atomic E-state index is 12.6. The van der Waals surface area contributed by atoms with E-state index in [9.17, 15) is 13.2 Å². The zero-order valence-electron chi connectivity index (χ0n) is 11.1. The van der Waals surface area contributed by atoms with Gasteiger partial charge in [0.25, 0.3) is 0 Å². The quantitative estimate of drug-likeness (QED) is 0.773. The van der Waals surface area contributed by atoms with Gasteiger partial charge in [0.05, 0.1) is 17.3 Å². The first-order valence-electron chi connectivity index (χ1n) is 6.59. The number of rotatable bonds is 1. The number of halogens is 3. The smallest absolute Gasteiger partial charge is 0.370 e. The number of nitrogens with one attached hydrogen (secondary N) is 1. The molecule has 1 saturated heterocycles. The van der Waals surface area contributed by atoms with Crippen LogP contribution in [0.3, 0.4) is 0 Å². The van der Waals surface area contributed by atoms with Crippen molar-refractivity contribution in [2.45, 2.75) is 32.4 Å². The van der Waals surface area contributed by atoms with Crippen molar-refractivity contribution in [1.82, 2.24) is 4.90 Å². The normalized spacial score (nSPS) is 26.6. The predicted molar refractivity (Wildman–Crippen MR) is 69.1 cm³/mol. The molecular weight excluding hydrogens is 253 g/mol. The molecule has 1 unspecified atom stereocenters. The third-order valence-corrected chi connectivity index (χ3v) is 3.92. The summed E-state index contributed by atoms with van der Waals surface area (Å²) in [5.74, 6) is -0.889. The molecule has 1 fully saturated rings. The zero-order chi connectivity index (χ0) is 14.2. The minimum atomic E-state index is -4.09. The molecule has 0 spiro atoms. The summed E-state index contributed by atoms with van der Waals surface area (Å²) in [7, 11) is 0. The van der Waals surface area contributed by atoms with Crippen LogP contribution in [0.25, 0.3) is 0 Å². The van der Waals surface area contributed by atoms with E-state index in [4.69, 9.17) is 5.41 Å². The molecule has 106 valence electrons. The Balaban J connectivity index is 2.05. The van der Waals surface area contributed by atoms with Crippen molar-refractivity contribution >= 4 is 5.71 Å². The molecule has 0 bridgehead atoms. The van der Waals surface area contributed by atoms with E-state index in [0.29, 0.717) is 24.7 Å². The molecule has 1 N–H and O–H groups in total. The average molecular weight is 272 g/mol. The van der Waals surface area contributed by atoms with Crippen molar-refractivity contribution in [3.8, 4) is 0 Å². The van der Waals surface area contributed by atoms with Gasteiger partial charge in [0.2, 0.25) is 0 Å². The SMILES string of the molecule is C=C1CC(C)C=C(N2CCC(C(F)(F)F)CC2)C1=N. The van der Waals surface area contributed by atoms with Crippen LogP contribution in [0, 0.1) is 17.2 Å². The zero-order valence-corrected chi connectivity index (χ0v) is 11.1. The summed E-state index contributed by atoms with van der Waals surface area (Å²) < 4.78 is 37.9. The lowest BCUT2D eigenvalue weighted by molar-refractivity contribution is -0.183. The lowest BCUT2D eigenvalue weighted by Gasteiger charge is -2.38. The molecule has 0 aromatic carbocycles. The van der Waals surface area contributed by atoms with Crippen LogP contribution >= 0.6 is 0 Å². The second kappa shape index (κ2) is 5.02. The van der Waals surface area contributed by atoms with Crippen molar-refractivity contribution in [2.75, 3.05) is 13.1 Å². The fraction of sp³-hybridized carbons (Fsp3) is 0.643. The van der Waals surface area contributed by atoms with Crippen LogP contribution in [0.1, 0.15) is 26.2 Å². The Labute approximate surface area is 111 Å². The Morgan fingerprint density at radius 3 is 2.42 bits per heavy atom. The molecular formula is C14H19F3N2. The highest BCUT2D eigenvalue weighted by Crippen LogP contribution is 2.36. The van der Waals surface area contributed by atoms with Gasteiger partial charge in [-0.2, -0.15) is 13.2 Å². The van der Waals surface area contributed by atoms with Gasteiger partial charge < -0.3 is 4.90 Å². The molecule has 1 atom stereocenters. The van der Waals surface area contributed by atoms with Gasteiger partial charge in [-0.05, 0) is 30.8 Å². The number of hydrogen-bond donors (Lipinski definition) is 1. The minimum absolute atomic E-state index is 0.120. The number of alkyl halides is 3. The first-order chi connectivity index (χ1) is 8.79. The summed E-state index contributed by atoms with van der Waals surface area (Å²) >= 11 is 0. The first-order valence-corrected chi connectivity index (χ1v) is 6.59. The van der Waals surface area contributed by atoms with Gasteiger partial charge in [-0.15, -0.1) is 0 Å². The highest BCUT2D eigenvalue weighted by atomic mass is 19.4. The largest absolute Gasteiger partial charge is 0.391 e. The summed E-state index contributed by atoms with van der Waals surface area (Å²) in [6.07, 6.45) is -1.09. The number of piperidine rings is 1. The van der Waals surface area contributed by atoms with Crippen molar-refractivity contribution in [1.29, 1.82) is 5.41 Å². The Morgan fingerprint density at radius 1 is 1.32 bits per heavy atom. The Bertz CT molecular complexity index is 415. The van der Waals surface area contributed by atoms with Crippen molar-refractivity contribution in [3.05, 3.63) is 23.9 Å². The molecule has 0 saturated carbocycles. The number of allylic oxidation sites excluding steroid dienone is 2. The lowest BCUT2D eigenvalue weighted by Crippen LogP contribution is -2.41. The van der Waals surface area contributed by atoms with Crippen molar-refractivity contribution in [2.24, 2.45) is 11.8 Å². The van der Waals surface area contributed by atoms with E-state index in [1.54, 1.807) is 0 Å². The van der Waals surface area contributed by atoms with Gasteiger partial charge in [-0.1, -0.05) is 19.6 Å². The Morgan fingerprint density at radius 2 is 1.89 bits per heavy atom. The molecule has 0 amide bonds. The van der Waals surface area contributed by atoms with E-state index < -0.39 is 12.1 Å². The average Bonchev–Trinajstić information content (AvgIpc) is 2.33. The van der Waals surface area contributed by atoms with E-state index in [1.165, 1.54) is 0 Å². The van der Waals surface area contributed by atoms with E-state index >= 15 is 0 Å². The highest BCUT2D eigenvalue weighted by molar-refractivity contribution is 6.10. The van der Waals surface area contributed by atoms with Gasteiger partial charge in [-0.3, -0.25) is 5.41 Å². The van der Waals surface area contributed by atoms with Crippen molar-refractivity contribution < 1.29 is 13.2 Å². The molecule has 1 aliphatic heterocycles. The summed E-state index contributed by atoms with van der Waals surface area (Å²) in [5.41, 5.74) is 1.94. The second-order valence-electron chi connectivity index (χ2n) is 5.51. The molecule has 2 rings (SSSR count). The first kappa shape index (κ1) is 14.2. The van der Waals surface area contributed by atoms with Gasteiger partial charge in [-0.25, -0.2) is 0 Å². The summed E-state index contributed by atoms with van der Waals surface area (Å²) in [4.78, 5) is 1.91. The number of likely N-dealkylation sites (tertiary alicyclic amines) is 1. The summed E-state index contributed by atoms with van der Waals surface area (Å²) in [6, 6.07) is 0. The maximum Gasteiger partial charge on any atom is 0.391 e. The van der Waals surface area contributed by atoms with Gasteiger partial charge >= 0.3 is 6.18 Å². The van der Waals surface area contributed by atoms with Crippen LogP contribution in [0.2, 0.25) is 0 Å². The monoisotopic (exact) mass is 272 g/mol. The minimum Gasteiger partial charge on any atom is -0.370 e. The Kier molecular flexibility index (Phi) is 3.74. The Hall–Kier alpha value is -1.26. The lowest BCUT2D eigenvalue weighted by atomic mass is 9.88. The molecule has 2 aliphatic rings. The van der Waals surface area contributed by atoms with E-state index in [2.05, 4.69) is 6.58 Å². The van der Waals surface area contributed by atoms with Gasteiger partial charge in [0.1, 0.15) is 0 Å². The third-order valence-electron chi connectivity index (χ3n) is 3.92. The second-order valence-corrected chi connectivity index (χ2v) is 5.51. The predicted octanol–water partition coefficient (Wildman–Crippen LogP) is 3.76. The molecule has 0 radical (unpaired) electrons. The van der Waals surface area contributed by atoms with Crippen LogP contribution in [0.4, 0.5) is 13.2 Å². The molecule has 1 aliphatic carbocycles. The third kappa shape index (κ3) is 3.01. The highest BCUT2D eigenvalue weighted by Gasteiger charge is 2.41. The van der Waals surface area contributed by atoms with Crippen LogP contribution < -0.4 is 0 Å². The molecule has 0 aromatic heterocycles. The van der Waals surface area contributed by atoms with E-state index in [-0.39, 0.29) is 12.8 Å². The van der Waals surface area contributed by atoms with Crippen LogP contribution in [-0.4, -0.2) is 29.9 Å². The topological polar surface area (TPSA) is 27.1 Å². The maximum absolute atomic E-state index is 12.6. The fourth-order valence-corrected chi connectivity index (χ4v) is 2.79. The molecule has 1 heterocycles. The van der Waals surface area contributed by atoms with E-state index in [0.717, 1.165) is 17.7 Å². The molecule has 19 heavy (non-hydrogen) atoms. The molecule has 5 heteroatoms. The standard InChI is InChI=1S/C14H19F3N2/c1-9-7-10(2)13(18)12(8-9)19-5-3-11(4-6-19)14(15,16)17/h8-9,11,18H,2-7H2,1H3. The number of hydrogen-bond acceptors (Lipinski definition) is 2. The molecule has 0 aromatic rings. The van der Waals surface area contributed by atoms with Crippen LogP contribution in [0.15, 0.2) is 23.9 Å². The van der Waals surface area contributed by atoms with Gasteiger partial charge in [0, 0.05) is 13.1 Å². The van der Waals surface area contributed by atoms with Crippen LogP contribution in [0.5, 0.6) is 0 Å². The van der Waals surface area contributed by atoms with E-state index in [1.807, 2.05) is 17.9 Å². The number of nitrogens with zero attached hydrogens (tertiary/aromatic N) is 1. The summed E-state index contributed by atoms with van der Waals surface area (Å²) in [6.45, 7) is 6.66.